The van der Waals surface area contributed by atoms with E-state index < -0.39 is 4.92 Å². The number of pyridine rings is 1. The van der Waals surface area contributed by atoms with Crippen molar-refractivity contribution in [2.24, 2.45) is 0 Å². The highest BCUT2D eigenvalue weighted by molar-refractivity contribution is 6.29. The average Bonchev–Trinajstić information content (AvgIpc) is 2.50. The average molecular weight is 311 g/mol. The second-order valence-electron chi connectivity index (χ2n) is 6.18. The minimum Gasteiger partial charge on any atom is -0.359 e. The first kappa shape index (κ1) is 15.6. The van der Waals surface area contributed by atoms with E-state index >= 15 is 0 Å². The molecule has 1 saturated heterocycles. The van der Waals surface area contributed by atoms with Gasteiger partial charge in [-0.05, 0) is 39.3 Å². The molecule has 0 atom stereocenters. The van der Waals surface area contributed by atoms with Gasteiger partial charge in [0.05, 0.1) is 16.0 Å². The van der Waals surface area contributed by atoms with Crippen LogP contribution in [0, 0.1) is 10.1 Å². The largest absolute Gasteiger partial charge is 0.359 e. The fraction of sp³-hybridized carbons (Fsp3) is 0.500. The van der Waals surface area contributed by atoms with E-state index in [1.54, 1.807) is 12.3 Å². The van der Waals surface area contributed by atoms with Crippen molar-refractivity contribution in [3.8, 4) is 0 Å². The molecule has 1 fully saturated rings. The molecule has 0 bridgehead atoms. The topological polar surface area (TPSA) is 71.3 Å². The highest BCUT2D eigenvalue weighted by Crippen LogP contribution is 2.38. The standard InChI is InChI=1S/C14H19ClN4O2/c1-13(2)14(3,4)18(12(17-13)9-19(20)21)8-10-5-6-11(15)16-7-10/h5-7,9,17H,8H2,1-4H3/b12-9+. The Hall–Kier alpha value is -1.82. The summed E-state index contributed by atoms with van der Waals surface area (Å²) in [5, 5.41) is 14.5. The molecule has 0 spiro atoms. The molecule has 0 radical (unpaired) electrons. The molecule has 2 rings (SSSR count). The number of hydrogen-bond donors (Lipinski definition) is 1. The molecule has 0 unspecified atom stereocenters. The van der Waals surface area contributed by atoms with Crippen molar-refractivity contribution in [1.82, 2.24) is 15.2 Å². The lowest BCUT2D eigenvalue weighted by molar-refractivity contribution is -0.404. The third-order valence-corrected chi connectivity index (χ3v) is 4.52. The maximum Gasteiger partial charge on any atom is 0.274 e. The van der Waals surface area contributed by atoms with Crippen LogP contribution in [0.1, 0.15) is 33.3 Å². The van der Waals surface area contributed by atoms with E-state index in [4.69, 9.17) is 11.6 Å². The van der Waals surface area contributed by atoms with E-state index in [0.29, 0.717) is 17.5 Å². The van der Waals surface area contributed by atoms with Crippen molar-refractivity contribution in [3.63, 3.8) is 0 Å². The van der Waals surface area contributed by atoms with Gasteiger partial charge in [-0.25, -0.2) is 4.98 Å². The number of nitrogens with zero attached hydrogens (tertiary/aromatic N) is 3. The van der Waals surface area contributed by atoms with Crippen LogP contribution < -0.4 is 5.32 Å². The van der Waals surface area contributed by atoms with Crippen LogP contribution in [0.2, 0.25) is 5.15 Å². The first-order valence-electron chi connectivity index (χ1n) is 6.65. The van der Waals surface area contributed by atoms with Crippen LogP contribution in [0.3, 0.4) is 0 Å². The summed E-state index contributed by atoms with van der Waals surface area (Å²) in [4.78, 5) is 16.5. The van der Waals surface area contributed by atoms with Gasteiger partial charge in [0.15, 0.2) is 5.82 Å². The smallest absolute Gasteiger partial charge is 0.274 e. The third kappa shape index (κ3) is 2.95. The van der Waals surface area contributed by atoms with Gasteiger partial charge in [0.25, 0.3) is 6.20 Å². The summed E-state index contributed by atoms with van der Waals surface area (Å²) in [6.45, 7) is 8.70. The quantitative estimate of drug-likeness (QED) is 0.528. The number of rotatable bonds is 3. The van der Waals surface area contributed by atoms with Gasteiger partial charge in [0.2, 0.25) is 0 Å². The summed E-state index contributed by atoms with van der Waals surface area (Å²) < 4.78 is 0. The third-order valence-electron chi connectivity index (χ3n) is 4.29. The van der Waals surface area contributed by atoms with Gasteiger partial charge < -0.3 is 10.2 Å². The predicted octanol–water partition coefficient (Wildman–Crippen LogP) is 2.77. The molecule has 6 nitrogen and oxygen atoms in total. The molecule has 0 aliphatic carbocycles. The Kier molecular flexibility index (Phi) is 3.84. The highest BCUT2D eigenvalue weighted by Gasteiger charge is 2.50. The Balaban J connectivity index is 2.36. The summed E-state index contributed by atoms with van der Waals surface area (Å²) in [5.74, 6) is 0.505. The van der Waals surface area contributed by atoms with Crippen LogP contribution in [-0.2, 0) is 6.54 Å². The first-order chi connectivity index (χ1) is 9.63. The molecule has 0 amide bonds. The molecule has 1 aliphatic heterocycles. The van der Waals surface area contributed by atoms with Gasteiger partial charge in [-0.3, -0.25) is 10.1 Å². The SMILES string of the molecule is CC1(C)N/C(=C\[N+](=O)[O-])N(Cc2ccc(Cl)nc2)C1(C)C. The van der Waals surface area contributed by atoms with Crippen molar-refractivity contribution in [2.45, 2.75) is 45.3 Å². The Morgan fingerprint density at radius 3 is 2.62 bits per heavy atom. The summed E-state index contributed by atoms with van der Waals surface area (Å²) in [6.07, 6.45) is 2.70. The van der Waals surface area contributed by atoms with Crippen molar-refractivity contribution in [1.29, 1.82) is 0 Å². The van der Waals surface area contributed by atoms with Crippen LogP contribution in [0.15, 0.2) is 30.4 Å². The zero-order valence-electron chi connectivity index (χ0n) is 12.6. The Morgan fingerprint density at radius 2 is 2.10 bits per heavy atom. The van der Waals surface area contributed by atoms with Gasteiger partial charge in [0.1, 0.15) is 5.15 Å². The lowest BCUT2D eigenvalue weighted by Crippen LogP contribution is -2.52. The fourth-order valence-electron chi connectivity index (χ4n) is 2.35. The molecule has 1 aromatic heterocycles. The van der Waals surface area contributed by atoms with Crippen LogP contribution in [0.5, 0.6) is 0 Å². The number of aromatic nitrogens is 1. The van der Waals surface area contributed by atoms with E-state index in [1.807, 2.05) is 24.8 Å². The van der Waals surface area contributed by atoms with E-state index in [1.165, 1.54) is 0 Å². The molecule has 7 heteroatoms. The molecule has 1 aliphatic rings. The monoisotopic (exact) mass is 310 g/mol. The zero-order valence-corrected chi connectivity index (χ0v) is 13.3. The number of nitro groups is 1. The molecule has 21 heavy (non-hydrogen) atoms. The first-order valence-corrected chi connectivity index (χ1v) is 7.03. The Morgan fingerprint density at radius 1 is 1.43 bits per heavy atom. The number of hydrogen-bond acceptors (Lipinski definition) is 5. The predicted molar refractivity (Wildman–Crippen MR) is 81.2 cm³/mol. The minimum absolute atomic E-state index is 0.297. The van der Waals surface area contributed by atoms with Gasteiger partial charge in [-0.1, -0.05) is 17.7 Å². The second kappa shape index (κ2) is 5.18. The van der Waals surface area contributed by atoms with Crippen LogP contribution in [0.25, 0.3) is 0 Å². The Bertz CT molecular complexity index is 581. The molecular formula is C14H19ClN4O2. The summed E-state index contributed by atoms with van der Waals surface area (Å²) in [5.41, 5.74) is 0.352. The van der Waals surface area contributed by atoms with Gasteiger partial charge in [-0.15, -0.1) is 0 Å². The fourth-order valence-corrected chi connectivity index (χ4v) is 2.46. The van der Waals surface area contributed by atoms with E-state index in [2.05, 4.69) is 24.1 Å². The van der Waals surface area contributed by atoms with Crippen molar-refractivity contribution >= 4 is 11.6 Å². The second-order valence-corrected chi connectivity index (χ2v) is 6.57. The molecule has 0 aromatic carbocycles. The molecule has 1 aromatic rings. The summed E-state index contributed by atoms with van der Waals surface area (Å²) in [7, 11) is 0. The van der Waals surface area contributed by atoms with Crippen molar-refractivity contribution in [2.75, 3.05) is 0 Å². The van der Waals surface area contributed by atoms with Crippen LogP contribution in [0.4, 0.5) is 0 Å². The minimum atomic E-state index is -0.438. The van der Waals surface area contributed by atoms with Crippen molar-refractivity contribution in [3.05, 3.63) is 51.2 Å². The van der Waals surface area contributed by atoms with Crippen molar-refractivity contribution < 1.29 is 4.92 Å². The van der Waals surface area contributed by atoms with E-state index in [0.717, 1.165) is 11.8 Å². The van der Waals surface area contributed by atoms with Gasteiger partial charge in [-0.2, -0.15) is 0 Å². The lowest BCUT2D eigenvalue weighted by atomic mass is 9.83. The molecule has 114 valence electrons. The number of halogens is 1. The molecule has 0 saturated carbocycles. The maximum absolute atomic E-state index is 10.9. The molecular weight excluding hydrogens is 292 g/mol. The van der Waals surface area contributed by atoms with Gasteiger partial charge >= 0.3 is 0 Å². The Labute approximate surface area is 129 Å². The van der Waals surface area contributed by atoms with E-state index in [-0.39, 0.29) is 11.1 Å². The zero-order chi connectivity index (χ0) is 15.8. The van der Waals surface area contributed by atoms with E-state index in [9.17, 15) is 10.1 Å². The molecule has 1 N–H and O–H groups in total. The maximum atomic E-state index is 10.9. The summed E-state index contributed by atoms with van der Waals surface area (Å²) in [6, 6.07) is 3.59. The van der Waals surface area contributed by atoms with Crippen LogP contribution >= 0.6 is 11.6 Å². The lowest BCUT2D eigenvalue weighted by Gasteiger charge is -2.40. The highest BCUT2D eigenvalue weighted by atomic mass is 35.5. The summed E-state index contributed by atoms with van der Waals surface area (Å²) >= 11 is 5.79. The molecule has 2 heterocycles. The van der Waals surface area contributed by atoms with Crippen LogP contribution in [-0.4, -0.2) is 25.9 Å². The van der Waals surface area contributed by atoms with Gasteiger partial charge in [0, 0.05) is 12.7 Å². The number of nitrogens with one attached hydrogen (secondary N) is 1. The normalized spacial score (nSPS) is 21.4.